The highest BCUT2D eigenvalue weighted by atomic mass is 79.9. The fraction of sp³-hybridized carbons (Fsp3) is 0.0625. The quantitative estimate of drug-likeness (QED) is 0.444. The average molecular weight is 453 g/mol. The highest BCUT2D eigenvalue weighted by Gasteiger charge is 2.15. The number of hydrogen-bond donors (Lipinski definition) is 4. The van der Waals surface area contributed by atoms with Gasteiger partial charge in [0.05, 0.1) is 28.6 Å². The van der Waals surface area contributed by atoms with Gasteiger partial charge < -0.3 is 10.6 Å². The van der Waals surface area contributed by atoms with E-state index in [1.165, 1.54) is 30.5 Å². The fourth-order valence-electron chi connectivity index (χ4n) is 2.37. The largest absolute Gasteiger partial charge is 0.343 e. The van der Waals surface area contributed by atoms with Gasteiger partial charge in [-0.2, -0.15) is 0 Å². The highest BCUT2D eigenvalue weighted by Crippen LogP contribution is 2.18. The van der Waals surface area contributed by atoms with E-state index in [1.807, 2.05) is 0 Å². The monoisotopic (exact) mass is 451 g/mol. The van der Waals surface area contributed by atoms with Crippen LogP contribution in [0.4, 0.5) is 5.69 Å². The van der Waals surface area contributed by atoms with Crippen molar-refractivity contribution in [1.29, 1.82) is 0 Å². The van der Waals surface area contributed by atoms with Crippen molar-refractivity contribution in [3.63, 3.8) is 0 Å². The molecule has 11 heteroatoms. The minimum atomic E-state index is -0.588. The molecule has 0 saturated heterocycles. The van der Waals surface area contributed by atoms with Crippen LogP contribution in [0.5, 0.6) is 0 Å². The molecule has 9 nitrogen and oxygen atoms in total. The number of fused-ring (bicyclic) bond motifs is 1. The number of rotatable bonds is 4. The molecule has 138 valence electrons. The molecule has 0 fully saturated rings. The molecule has 2 heterocycles. The first-order chi connectivity index (χ1) is 12.9. The molecule has 2 amide bonds. The second-order valence-corrected chi connectivity index (χ2v) is 6.63. The van der Waals surface area contributed by atoms with Gasteiger partial charge in [0.15, 0.2) is 0 Å². The second-order valence-electron chi connectivity index (χ2n) is 5.36. The van der Waals surface area contributed by atoms with Gasteiger partial charge in [-0.25, -0.2) is 4.98 Å². The molecule has 0 aliphatic carbocycles. The number of hydrogen-bond acceptors (Lipinski definition) is 5. The lowest BCUT2D eigenvalue weighted by atomic mass is 10.1. The third kappa shape index (κ3) is 4.07. The van der Waals surface area contributed by atoms with Gasteiger partial charge in [0.25, 0.3) is 17.0 Å². The van der Waals surface area contributed by atoms with E-state index in [0.29, 0.717) is 4.47 Å². The summed E-state index contributed by atoms with van der Waals surface area (Å²) >= 11 is 9.05. The standard InChI is InChI=1S/C16H11BrClN5O4/c17-7-4-9(13(18)19-5-7)14(25)20-6-11(24)21-10-3-1-2-8-12(10)16(27)23-22-15(8)26/h1-5H,6H2,(H,20,25)(H,21,24)(H,22,26)(H,23,27). The molecule has 1 aromatic carbocycles. The van der Waals surface area contributed by atoms with Gasteiger partial charge in [-0.05, 0) is 34.1 Å². The first-order valence-electron chi connectivity index (χ1n) is 7.49. The van der Waals surface area contributed by atoms with Crippen molar-refractivity contribution in [1.82, 2.24) is 20.5 Å². The van der Waals surface area contributed by atoms with Crippen LogP contribution in [0, 0.1) is 0 Å². The van der Waals surface area contributed by atoms with Crippen molar-refractivity contribution < 1.29 is 9.59 Å². The third-order valence-corrected chi connectivity index (χ3v) is 4.29. The maximum atomic E-state index is 12.2. The predicted molar refractivity (Wildman–Crippen MR) is 103 cm³/mol. The zero-order chi connectivity index (χ0) is 19.6. The van der Waals surface area contributed by atoms with Crippen molar-refractivity contribution in [3.05, 3.63) is 66.4 Å². The lowest BCUT2D eigenvalue weighted by Crippen LogP contribution is -2.33. The Balaban J connectivity index is 1.75. The molecule has 27 heavy (non-hydrogen) atoms. The van der Waals surface area contributed by atoms with Gasteiger partial charge in [0, 0.05) is 10.7 Å². The summed E-state index contributed by atoms with van der Waals surface area (Å²) in [5.74, 6) is -1.18. The molecule has 0 saturated carbocycles. The molecule has 2 aromatic heterocycles. The summed E-state index contributed by atoms with van der Waals surface area (Å²) in [5.41, 5.74) is -0.796. The van der Waals surface area contributed by atoms with Gasteiger partial charge in [0.2, 0.25) is 5.91 Å². The molecule has 0 atom stereocenters. The number of carbonyl (C=O) groups is 2. The lowest BCUT2D eigenvalue weighted by Gasteiger charge is -2.09. The summed E-state index contributed by atoms with van der Waals surface area (Å²) in [7, 11) is 0. The van der Waals surface area contributed by atoms with E-state index in [2.05, 4.69) is 41.7 Å². The number of benzene rings is 1. The van der Waals surface area contributed by atoms with Gasteiger partial charge >= 0.3 is 0 Å². The number of anilines is 1. The number of aromatic amines is 2. The highest BCUT2D eigenvalue weighted by molar-refractivity contribution is 9.10. The number of amides is 2. The summed E-state index contributed by atoms with van der Waals surface area (Å²) in [5, 5.41) is 9.49. The zero-order valence-corrected chi connectivity index (χ0v) is 15.8. The number of pyridine rings is 1. The van der Waals surface area contributed by atoms with E-state index in [9.17, 15) is 19.2 Å². The topological polar surface area (TPSA) is 137 Å². The number of halogens is 2. The molecular formula is C16H11BrClN5O4. The molecule has 0 radical (unpaired) electrons. The third-order valence-electron chi connectivity index (χ3n) is 3.56. The Kier molecular flexibility index (Phi) is 5.38. The maximum absolute atomic E-state index is 12.2. The van der Waals surface area contributed by atoms with Gasteiger partial charge in [-0.1, -0.05) is 17.7 Å². The SMILES string of the molecule is O=C(CNC(=O)c1cc(Br)cnc1Cl)Nc1cccc2c(=O)[nH][nH]c(=O)c12. The van der Waals surface area contributed by atoms with E-state index in [-0.39, 0.29) is 33.7 Å². The molecule has 3 rings (SSSR count). The summed E-state index contributed by atoms with van der Waals surface area (Å²) in [4.78, 5) is 51.9. The Bertz CT molecular complexity index is 1170. The van der Waals surface area contributed by atoms with Crippen molar-refractivity contribution in [2.24, 2.45) is 0 Å². The van der Waals surface area contributed by atoms with Crippen LogP contribution in [0.2, 0.25) is 5.15 Å². The number of nitrogens with zero attached hydrogens (tertiary/aromatic N) is 1. The summed E-state index contributed by atoms with van der Waals surface area (Å²) in [6.07, 6.45) is 1.44. The van der Waals surface area contributed by atoms with E-state index >= 15 is 0 Å². The molecule has 0 unspecified atom stereocenters. The van der Waals surface area contributed by atoms with Crippen LogP contribution >= 0.6 is 27.5 Å². The Morgan fingerprint density at radius 2 is 1.93 bits per heavy atom. The summed E-state index contributed by atoms with van der Waals surface area (Å²) in [6, 6.07) is 5.94. The van der Waals surface area contributed by atoms with Crippen LogP contribution in [0.15, 0.2) is 44.5 Å². The van der Waals surface area contributed by atoms with E-state index in [1.54, 1.807) is 0 Å². The van der Waals surface area contributed by atoms with Crippen molar-refractivity contribution in [2.75, 3.05) is 11.9 Å². The first kappa shape index (κ1) is 18.8. The Labute approximate surface area is 164 Å². The van der Waals surface area contributed by atoms with Gasteiger partial charge in [-0.3, -0.25) is 29.4 Å². The summed E-state index contributed by atoms with van der Waals surface area (Å²) in [6.45, 7) is -0.376. The number of nitrogens with one attached hydrogen (secondary N) is 4. The smallest absolute Gasteiger partial charge is 0.272 e. The minimum absolute atomic E-state index is 0.00378. The molecule has 4 N–H and O–H groups in total. The predicted octanol–water partition coefficient (Wildman–Crippen LogP) is 1.40. The van der Waals surface area contributed by atoms with E-state index < -0.39 is 22.9 Å². The molecule has 0 aliphatic rings. The van der Waals surface area contributed by atoms with Crippen LogP contribution < -0.4 is 21.8 Å². The van der Waals surface area contributed by atoms with E-state index in [0.717, 1.165) is 0 Å². The lowest BCUT2D eigenvalue weighted by molar-refractivity contribution is -0.115. The second kappa shape index (κ2) is 7.72. The molecule has 0 spiro atoms. The Morgan fingerprint density at radius 3 is 2.70 bits per heavy atom. The molecule has 0 aliphatic heterocycles. The van der Waals surface area contributed by atoms with Gasteiger partial charge in [-0.15, -0.1) is 0 Å². The van der Waals surface area contributed by atoms with Crippen LogP contribution in [-0.4, -0.2) is 33.5 Å². The fourth-order valence-corrected chi connectivity index (χ4v) is 2.89. The van der Waals surface area contributed by atoms with Gasteiger partial charge in [0.1, 0.15) is 5.15 Å². The zero-order valence-electron chi connectivity index (χ0n) is 13.4. The molecular weight excluding hydrogens is 442 g/mol. The number of carbonyl (C=O) groups excluding carboxylic acids is 2. The van der Waals surface area contributed by atoms with Crippen molar-refractivity contribution in [3.8, 4) is 0 Å². The van der Waals surface area contributed by atoms with Crippen LogP contribution in [0.3, 0.4) is 0 Å². The minimum Gasteiger partial charge on any atom is -0.343 e. The Hall–Kier alpha value is -2.98. The van der Waals surface area contributed by atoms with Crippen LogP contribution in [0.25, 0.3) is 10.8 Å². The number of H-pyrrole nitrogens is 2. The first-order valence-corrected chi connectivity index (χ1v) is 8.66. The molecule has 0 bridgehead atoms. The normalized spacial score (nSPS) is 10.6. The van der Waals surface area contributed by atoms with Crippen molar-refractivity contribution >= 4 is 55.8 Å². The van der Waals surface area contributed by atoms with Crippen LogP contribution in [0.1, 0.15) is 10.4 Å². The summed E-state index contributed by atoms with van der Waals surface area (Å²) < 4.78 is 0.557. The number of aromatic nitrogens is 3. The average Bonchev–Trinajstić information content (AvgIpc) is 2.65. The maximum Gasteiger partial charge on any atom is 0.272 e. The molecule has 3 aromatic rings. The van der Waals surface area contributed by atoms with Crippen molar-refractivity contribution in [2.45, 2.75) is 0 Å². The Morgan fingerprint density at radius 1 is 1.19 bits per heavy atom. The van der Waals surface area contributed by atoms with Crippen LogP contribution in [-0.2, 0) is 4.79 Å². The van der Waals surface area contributed by atoms with E-state index in [4.69, 9.17) is 11.6 Å².